The van der Waals surface area contributed by atoms with Crippen LogP contribution in [0.4, 0.5) is 0 Å². The Kier molecular flexibility index (Phi) is 5.44. The molecule has 1 aliphatic rings. The van der Waals surface area contributed by atoms with Gasteiger partial charge in [-0.05, 0) is 12.3 Å². The first kappa shape index (κ1) is 12.8. The summed E-state index contributed by atoms with van der Waals surface area (Å²) in [6, 6.07) is 0. The van der Waals surface area contributed by atoms with Crippen LogP contribution in [0.15, 0.2) is 0 Å². The Morgan fingerprint density at radius 2 is 2.27 bits per heavy atom. The number of carbonyl (C=O) groups is 1. The van der Waals surface area contributed by atoms with E-state index < -0.39 is 0 Å². The summed E-state index contributed by atoms with van der Waals surface area (Å²) in [6.07, 6.45) is 5.44. The number of hydrogen-bond donors (Lipinski definition) is 0. The first-order chi connectivity index (χ1) is 7.17. The highest BCUT2D eigenvalue weighted by Gasteiger charge is 2.28. The monoisotopic (exact) mass is 231 g/mol. The van der Waals surface area contributed by atoms with Gasteiger partial charge in [0.25, 0.3) is 0 Å². The van der Waals surface area contributed by atoms with E-state index in [-0.39, 0.29) is 11.3 Å². The third kappa shape index (κ3) is 4.02. The van der Waals surface area contributed by atoms with Crippen LogP contribution in [0.3, 0.4) is 0 Å². The van der Waals surface area contributed by atoms with Gasteiger partial charge in [-0.15, -0.1) is 11.6 Å². The molecule has 1 rings (SSSR count). The molecule has 1 heterocycles. The summed E-state index contributed by atoms with van der Waals surface area (Å²) in [5, 5.41) is 0.0428. The van der Waals surface area contributed by atoms with Crippen LogP contribution in [0.1, 0.15) is 46.0 Å². The van der Waals surface area contributed by atoms with Crippen molar-refractivity contribution < 1.29 is 4.79 Å². The number of amides is 1. The SMILES string of the molecule is CCCCC(CC)CN1CC(Cl)CC1=O. The molecule has 0 radical (unpaired) electrons. The molecule has 1 amide bonds. The minimum atomic E-state index is 0.0428. The van der Waals surface area contributed by atoms with E-state index in [0.29, 0.717) is 12.3 Å². The van der Waals surface area contributed by atoms with Crippen LogP contribution in [-0.2, 0) is 4.79 Å². The molecule has 0 aromatic carbocycles. The summed E-state index contributed by atoms with van der Waals surface area (Å²) in [6.45, 7) is 6.09. The molecule has 1 fully saturated rings. The first-order valence-electron chi connectivity index (χ1n) is 6.09. The molecule has 0 saturated carbocycles. The number of unbranched alkanes of at least 4 members (excludes halogenated alkanes) is 1. The Hall–Kier alpha value is -0.240. The standard InChI is InChI=1S/C12H22ClNO/c1-3-5-6-10(4-2)8-14-9-11(13)7-12(14)15/h10-11H,3-9H2,1-2H3. The summed E-state index contributed by atoms with van der Waals surface area (Å²) in [4.78, 5) is 13.5. The van der Waals surface area contributed by atoms with E-state index in [1.54, 1.807) is 0 Å². The molecule has 0 N–H and O–H groups in total. The number of carbonyl (C=O) groups excluding carboxylic acids is 1. The highest BCUT2D eigenvalue weighted by molar-refractivity contribution is 6.22. The maximum Gasteiger partial charge on any atom is 0.224 e. The van der Waals surface area contributed by atoms with Gasteiger partial charge >= 0.3 is 0 Å². The molecule has 0 spiro atoms. The largest absolute Gasteiger partial charge is 0.341 e. The van der Waals surface area contributed by atoms with Crippen molar-refractivity contribution in [2.45, 2.75) is 51.3 Å². The molecule has 1 aliphatic heterocycles. The second-order valence-electron chi connectivity index (χ2n) is 4.52. The maximum atomic E-state index is 11.6. The van der Waals surface area contributed by atoms with Crippen molar-refractivity contribution in [3.05, 3.63) is 0 Å². The molecule has 15 heavy (non-hydrogen) atoms. The van der Waals surface area contributed by atoms with Gasteiger partial charge in [0.2, 0.25) is 5.91 Å². The number of halogens is 1. The summed E-state index contributed by atoms with van der Waals surface area (Å²) in [5.74, 6) is 0.904. The number of hydrogen-bond acceptors (Lipinski definition) is 1. The van der Waals surface area contributed by atoms with Crippen molar-refractivity contribution in [3.63, 3.8) is 0 Å². The van der Waals surface area contributed by atoms with E-state index in [2.05, 4.69) is 13.8 Å². The van der Waals surface area contributed by atoms with Crippen molar-refractivity contribution in [1.82, 2.24) is 4.90 Å². The molecule has 2 unspecified atom stereocenters. The van der Waals surface area contributed by atoms with E-state index in [0.717, 1.165) is 19.5 Å². The van der Waals surface area contributed by atoms with Crippen LogP contribution in [0, 0.1) is 5.92 Å². The molecule has 0 aromatic rings. The molecule has 0 aliphatic carbocycles. The molecule has 2 nitrogen and oxygen atoms in total. The summed E-state index contributed by atoms with van der Waals surface area (Å²) >= 11 is 5.97. The molecule has 88 valence electrons. The molecular weight excluding hydrogens is 210 g/mol. The van der Waals surface area contributed by atoms with Crippen molar-refractivity contribution in [2.24, 2.45) is 5.92 Å². The van der Waals surface area contributed by atoms with Gasteiger partial charge in [-0.3, -0.25) is 4.79 Å². The lowest BCUT2D eigenvalue weighted by molar-refractivity contribution is -0.128. The lowest BCUT2D eigenvalue weighted by atomic mass is 9.99. The zero-order chi connectivity index (χ0) is 11.3. The van der Waals surface area contributed by atoms with Gasteiger partial charge in [0, 0.05) is 19.5 Å². The Balaban J connectivity index is 2.34. The average Bonchev–Trinajstić information content (AvgIpc) is 2.52. The summed E-state index contributed by atoms with van der Waals surface area (Å²) in [5.41, 5.74) is 0. The number of rotatable bonds is 6. The third-order valence-corrected chi connectivity index (χ3v) is 3.48. The minimum absolute atomic E-state index is 0.0428. The van der Waals surface area contributed by atoms with E-state index in [4.69, 9.17) is 11.6 Å². The fraction of sp³-hybridized carbons (Fsp3) is 0.917. The van der Waals surface area contributed by atoms with E-state index in [9.17, 15) is 4.79 Å². The number of nitrogens with zero attached hydrogens (tertiary/aromatic N) is 1. The van der Waals surface area contributed by atoms with Gasteiger partial charge < -0.3 is 4.90 Å². The maximum absolute atomic E-state index is 11.6. The van der Waals surface area contributed by atoms with E-state index >= 15 is 0 Å². The zero-order valence-corrected chi connectivity index (χ0v) is 10.6. The van der Waals surface area contributed by atoms with Gasteiger partial charge in [-0.25, -0.2) is 0 Å². The van der Waals surface area contributed by atoms with Crippen LogP contribution in [0.5, 0.6) is 0 Å². The van der Waals surface area contributed by atoms with Gasteiger partial charge in [-0.2, -0.15) is 0 Å². The van der Waals surface area contributed by atoms with Gasteiger partial charge in [0.05, 0.1) is 5.38 Å². The fourth-order valence-electron chi connectivity index (χ4n) is 2.13. The van der Waals surface area contributed by atoms with E-state index in [1.165, 1.54) is 19.3 Å². The smallest absolute Gasteiger partial charge is 0.224 e. The quantitative estimate of drug-likeness (QED) is 0.644. The Labute approximate surface area is 98.0 Å². The van der Waals surface area contributed by atoms with Crippen molar-refractivity contribution in [3.8, 4) is 0 Å². The Bertz CT molecular complexity index is 208. The van der Waals surface area contributed by atoms with Gasteiger partial charge in [-0.1, -0.05) is 33.1 Å². The molecule has 2 atom stereocenters. The predicted molar refractivity (Wildman–Crippen MR) is 64.1 cm³/mol. The molecule has 3 heteroatoms. The molecule has 0 aromatic heterocycles. The van der Waals surface area contributed by atoms with Crippen LogP contribution in [0.2, 0.25) is 0 Å². The second-order valence-corrected chi connectivity index (χ2v) is 5.13. The van der Waals surface area contributed by atoms with Crippen molar-refractivity contribution in [2.75, 3.05) is 13.1 Å². The van der Waals surface area contributed by atoms with Crippen molar-refractivity contribution >= 4 is 17.5 Å². The van der Waals surface area contributed by atoms with Crippen LogP contribution >= 0.6 is 11.6 Å². The molecule has 0 bridgehead atoms. The van der Waals surface area contributed by atoms with Crippen LogP contribution in [-0.4, -0.2) is 29.3 Å². The topological polar surface area (TPSA) is 20.3 Å². The van der Waals surface area contributed by atoms with Crippen molar-refractivity contribution in [1.29, 1.82) is 0 Å². The summed E-state index contributed by atoms with van der Waals surface area (Å²) < 4.78 is 0. The lowest BCUT2D eigenvalue weighted by Gasteiger charge is -2.22. The minimum Gasteiger partial charge on any atom is -0.341 e. The normalized spacial score (nSPS) is 23.5. The number of likely N-dealkylation sites (tertiary alicyclic amines) is 1. The van der Waals surface area contributed by atoms with Gasteiger partial charge in [0.1, 0.15) is 0 Å². The average molecular weight is 232 g/mol. The number of alkyl halides is 1. The summed E-state index contributed by atoms with van der Waals surface area (Å²) in [7, 11) is 0. The zero-order valence-electron chi connectivity index (χ0n) is 9.84. The van der Waals surface area contributed by atoms with Crippen LogP contribution < -0.4 is 0 Å². The Morgan fingerprint density at radius 3 is 2.73 bits per heavy atom. The predicted octanol–water partition coefficient (Wildman–Crippen LogP) is 3.04. The highest BCUT2D eigenvalue weighted by Crippen LogP contribution is 2.21. The second kappa shape index (κ2) is 6.37. The highest BCUT2D eigenvalue weighted by atomic mass is 35.5. The lowest BCUT2D eigenvalue weighted by Crippen LogP contribution is -2.31. The molecule has 1 saturated heterocycles. The first-order valence-corrected chi connectivity index (χ1v) is 6.52. The third-order valence-electron chi connectivity index (χ3n) is 3.19. The Morgan fingerprint density at radius 1 is 1.53 bits per heavy atom. The van der Waals surface area contributed by atoms with E-state index in [1.807, 2.05) is 4.90 Å². The van der Waals surface area contributed by atoms with Crippen LogP contribution in [0.25, 0.3) is 0 Å². The van der Waals surface area contributed by atoms with Gasteiger partial charge in [0.15, 0.2) is 0 Å². The molecular formula is C12H22ClNO. The fourth-order valence-corrected chi connectivity index (χ4v) is 2.43.